The van der Waals surface area contributed by atoms with E-state index in [0.717, 1.165) is 18.2 Å². The minimum Gasteiger partial charge on any atom is -0.419 e. The molecular formula is C21H18F6N6O3. The first kappa shape index (κ1) is 25.2. The van der Waals surface area contributed by atoms with Gasteiger partial charge in [0.1, 0.15) is 11.0 Å². The minimum absolute atomic E-state index is 0.131. The van der Waals surface area contributed by atoms with Gasteiger partial charge in [-0.15, -0.1) is 16.8 Å². The molecule has 192 valence electrons. The molecule has 1 fully saturated rings. The Morgan fingerprint density at radius 2 is 1.86 bits per heavy atom. The number of rotatable bonds is 6. The van der Waals surface area contributed by atoms with E-state index >= 15 is 0 Å². The van der Waals surface area contributed by atoms with Crippen LogP contribution in [0.25, 0.3) is 11.5 Å². The first-order valence-corrected chi connectivity index (χ1v) is 10.3. The average molecular weight is 516 g/mol. The van der Waals surface area contributed by atoms with Crippen LogP contribution in [-0.2, 0) is 23.4 Å². The molecule has 0 radical (unpaired) electrons. The van der Waals surface area contributed by atoms with Crippen molar-refractivity contribution in [3.63, 3.8) is 0 Å². The number of aliphatic hydroxyl groups excluding tert-OH is 1. The molecule has 36 heavy (non-hydrogen) atoms. The molecule has 1 saturated heterocycles. The molecule has 15 heteroatoms. The summed E-state index contributed by atoms with van der Waals surface area (Å²) in [6.45, 7) is 3.10. The third-order valence-electron chi connectivity index (χ3n) is 5.67. The van der Waals surface area contributed by atoms with Crippen molar-refractivity contribution in [2.75, 3.05) is 11.9 Å². The summed E-state index contributed by atoms with van der Waals surface area (Å²) < 4.78 is 84.4. The van der Waals surface area contributed by atoms with Crippen LogP contribution in [0.1, 0.15) is 17.9 Å². The van der Waals surface area contributed by atoms with E-state index in [1.54, 1.807) is 7.05 Å². The van der Waals surface area contributed by atoms with E-state index in [4.69, 9.17) is 4.42 Å². The third-order valence-corrected chi connectivity index (χ3v) is 5.67. The molecule has 3 heterocycles. The van der Waals surface area contributed by atoms with Crippen molar-refractivity contribution in [3.05, 3.63) is 54.6 Å². The van der Waals surface area contributed by atoms with Crippen LogP contribution in [0.3, 0.4) is 0 Å². The average Bonchev–Trinajstić information content (AvgIpc) is 3.50. The van der Waals surface area contributed by atoms with Crippen molar-refractivity contribution < 1.29 is 40.7 Å². The number of alkyl halides is 6. The number of nitrogens with one attached hydrogen (secondary N) is 1. The highest BCUT2D eigenvalue weighted by Crippen LogP contribution is 2.41. The molecule has 1 aliphatic heterocycles. The van der Waals surface area contributed by atoms with Crippen LogP contribution in [-0.4, -0.2) is 54.8 Å². The molecule has 2 N–H and O–H groups in total. The number of benzene rings is 1. The number of aryl methyl sites for hydroxylation is 1. The second kappa shape index (κ2) is 8.65. The second-order valence-electron chi connectivity index (χ2n) is 8.02. The van der Waals surface area contributed by atoms with Crippen LogP contribution in [0.5, 0.6) is 0 Å². The predicted molar refractivity (Wildman–Crippen MR) is 111 cm³/mol. The zero-order chi connectivity index (χ0) is 26.5. The van der Waals surface area contributed by atoms with Gasteiger partial charge in [-0.25, -0.2) is 0 Å². The normalized spacial score (nSPS) is 19.6. The highest BCUT2D eigenvalue weighted by Gasteiger charge is 2.56. The van der Waals surface area contributed by atoms with Gasteiger partial charge in [-0.3, -0.25) is 9.48 Å². The van der Waals surface area contributed by atoms with E-state index < -0.39 is 42.0 Å². The molecule has 0 bridgehead atoms. The summed E-state index contributed by atoms with van der Waals surface area (Å²) in [5.74, 6) is -1.46. The number of carbonyl (C=O) groups excluding carboxylic acids is 1. The Kier molecular flexibility index (Phi) is 6.06. The zero-order valence-corrected chi connectivity index (χ0v) is 18.4. The first-order valence-electron chi connectivity index (χ1n) is 10.3. The van der Waals surface area contributed by atoms with Gasteiger partial charge in [0.2, 0.25) is 18.0 Å². The Labute approximate surface area is 199 Å². The van der Waals surface area contributed by atoms with E-state index in [9.17, 15) is 36.2 Å². The van der Waals surface area contributed by atoms with Gasteiger partial charge in [0, 0.05) is 25.5 Å². The monoisotopic (exact) mass is 516 g/mol. The number of anilines is 2. The summed E-state index contributed by atoms with van der Waals surface area (Å²) >= 11 is 0. The molecule has 3 aromatic rings. The Morgan fingerprint density at radius 1 is 1.19 bits per heavy atom. The molecule has 9 nitrogen and oxygen atoms in total. The first-order chi connectivity index (χ1) is 16.8. The maximum atomic E-state index is 13.0. The van der Waals surface area contributed by atoms with Gasteiger partial charge in [0.15, 0.2) is 5.82 Å². The molecule has 0 aliphatic carbocycles. The number of halogens is 6. The van der Waals surface area contributed by atoms with Gasteiger partial charge in [0.25, 0.3) is 5.89 Å². The predicted octanol–water partition coefficient (Wildman–Crippen LogP) is 3.77. The minimum atomic E-state index is -5.05. The van der Waals surface area contributed by atoms with Crippen molar-refractivity contribution >= 4 is 17.4 Å². The smallest absolute Gasteiger partial charge is 0.419 e. The third kappa shape index (κ3) is 4.41. The summed E-state index contributed by atoms with van der Waals surface area (Å²) in [7, 11) is 1.56. The van der Waals surface area contributed by atoms with E-state index in [0.29, 0.717) is 0 Å². The summed E-state index contributed by atoms with van der Waals surface area (Å²) in [5.41, 5.74) is -2.14. The Bertz CT molecular complexity index is 1280. The van der Waals surface area contributed by atoms with Gasteiger partial charge in [-0.05, 0) is 30.7 Å². The number of hydrogen-bond donors (Lipinski definition) is 2. The molecule has 4 rings (SSSR count). The number of carbonyl (C=O) groups is 1. The molecule has 1 aromatic carbocycles. The number of aliphatic hydroxyl groups is 1. The highest BCUT2D eigenvalue weighted by molar-refractivity contribution is 5.91. The van der Waals surface area contributed by atoms with E-state index in [-0.39, 0.29) is 40.2 Å². The molecule has 1 aliphatic rings. The van der Waals surface area contributed by atoms with Crippen molar-refractivity contribution in [1.82, 2.24) is 24.9 Å². The number of likely N-dealkylation sites (tertiary alicyclic amines) is 1. The SMILES string of the molecule is C=C[C@]1(c2nnc(-c3cn(C)nc3Nc3ccc(C(F)(F)F)cc3)o2)CCN([C@@H](O)C(F)(F)F)C1=O. The lowest BCUT2D eigenvalue weighted by atomic mass is 9.86. The van der Waals surface area contributed by atoms with Crippen LogP contribution in [0.2, 0.25) is 0 Å². The number of aromatic nitrogens is 4. The summed E-state index contributed by atoms with van der Waals surface area (Å²) in [6.07, 6.45) is -10.2. The maximum Gasteiger partial charge on any atom is 0.433 e. The second-order valence-corrected chi connectivity index (χ2v) is 8.02. The largest absolute Gasteiger partial charge is 0.433 e. The molecule has 2 atom stereocenters. The lowest BCUT2D eigenvalue weighted by molar-refractivity contribution is -0.245. The quantitative estimate of drug-likeness (QED) is 0.379. The topological polar surface area (TPSA) is 109 Å². The summed E-state index contributed by atoms with van der Waals surface area (Å²) in [5, 5.41) is 24.3. The zero-order valence-electron chi connectivity index (χ0n) is 18.4. The highest BCUT2D eigenvalue weighted by atomic mass is 19.4. The van der Waals surface area contributed by atoms with Crippen LogP contribution < -0.4 is 5.32 Å². The van der Waals surface area contributed by atoms with Crippen molar-refractivity contribution in [2.24, 2.45) is 7.05 Å². The molecule has 0 spiro atoms. The lowest BCUT2D eigenvalue weighted by Crippen LogP contribution is -2.49. The van der Waals surface area contributed by atoms with Crippen molar-refractivity contribution in [3.8, 4) is 11.5 Å². The number of amides is 1. The maximum absolute atomic E-state index is 13.0. The van der Waals surface area contributed by atoms with Crippen LogP contribution in [0.15, 0.2) is 47.5 Å². The van der Waals surface area contributed by atoms with Gasteiger partial charge in [-0.1, -0.05) is 6.08 Å². The Balaban J connectivity index is 1.62. The molecule has 0 unspecified atom stereocenters. The van der Waals surface area contributed by atoms with Crippen molar-refractivity contribution in [2.45, 2.75) is 30.4 Å². The standard InChI is InChI=1S/C21H18F6N6O3/c1-3-19(8-9-33(17(19)34)18(35)21(25,26)27)16-30-29-15(36-16)13-10-32(2)31-14(13)28-12-6-4-11(5-7-12)20(22,23)24/h3-7,10,18,35H,1,8-9H2,2H3,(H,28,31)/t18-,19+/m0/s1. The summed E-state index contributed by atoms with van der Waals surface area (Å²) in [4.78, 5) is 13.1. The Hall–Kier alpha value is -3.88. The fourth-order valence-electron chi connectivity index (χ4n) is 3.78. The lowest BCUT2D eigenvalue weighted by Gasteiger charge is -2.26. The fraction of sp³-hybridized carbons (Fsp3) is 0.333. The molecular weight excluding hydrogens is 498 g/mol. The van der Waals surface area contributed by atoms with Gasteiger partial charge in [-0.2, -0.15) is 31.4 Å². The van der Waals surface area contributed by atoms with E-state index in [1.165, 1.54) is 23.0 Å². The van der Waals surface area contributed by atoms with Crippen LogP contribution in [0, 0.1) is 0 Å². The van der Waals surface area contributed by atoms with E-state index in [1.807, 2.05) is 0 Å². The van der Waals surface area contributed by atoms with Gasteiger partial charge >= 0.3 is 12.4 Å². The van der Waals surface area contributed by atoms with E-state index in [2.05, 4.69) is 27.2 Å². The van der Waals surface area contributed by atoms with Crippen LogP contribution in [0.4, 0.5) is 37.8 Å². The number of nitrogens with zero attached hydrogens (tertiary/aromatic N) is 5. The molecule has 2 aromatic heterocycles. The van der Waals surface area contributed by atoms with Crippen LogP contribution >= 0.6 is 0 Å². The molecule has 1 amide bonds. The summed E-state index contributed by atoms with van der Waals surface area (Å²) in [6, 6.07) is 4.17. The van der Waals surface area contributed by atoms with Gasteiger partial charge in [0.05, 0.1) is 5.56 Å². The number of hydrogen-bond acceptors (Lipinski definition) is 7. The van der Waals surface area contributed by atoms with Gasteiger partial charge < -0.3 is 19.7 Å². The fourth-order valence-corrected chi connectivity index (χ4v) is 3.78. The Morgan fingerprint density at radius 3 is 2.44 bits per heavy atom. The van der Waals surface area contributed by atoms with Crippen molar-refractivity contribution in [1.29, 1.82) is 0 Å². The molecule has 0 saturated carbocycles.